The fraction of sp³-hybridized carbons (Fsp3) is 0.182. The molecule has 5 nitrogen and oxygen atoms in total. The molecule has 0 fully saturated rings. The number of aromatic nitrogens is 3. The Kier molecular flexibility index (Phi) is 2.64. The zero-order valence-corrected chi connectivity index (χ0v) is 11.2. The molecule has 3 heterocycles. The standard InChI is InChI=1S/C11H10N4OS2/c1-6-4-17-9-8(6)14-5-15(10(9)16)3-7-2-13-11(12)18-7/h2,4-5H,3H2,1H3,(H2,12,13). The first-order chi connectivity index (χ1) is 8.65. The van der Waals surface area contributed by atoms with Crippen LogP contribution >= 0.6 is 22.7 Å². The van der Waals surface area contributed by atoms with Crippen LogP contribution in [-0.4, -0.2) is 14.5 Å². The first-order valence-electron chi connectivity index (χ1n) is 5.28. The predicted molar refractivity (Wildman–Crippen MR) is 74.2 cm³/mol. The third-order valence-corrected chi connectivity index (χ3v) is 4.51. The Bertz CT molecular complexity index is 771. The first-order valence-corrected chi connectivity index (χ1v) is 6.98. The van der Waals surface area contributed by atoms with E-state index in [2.05, 4.69) is 9.97 Å². The van der Waals surface area contributed by atoms with Crippen molar-refractivity contribution in [1.29, 1.82) is 0 Å². The van der Waals surface area contributed by atoms with Gasteiger partial charge in [-0.2, -0.15) is 0 Å². The topological polar surface area (TPSA) is 73.8 Å². The molecule has 3 aromatic rings. The molecule has 3 aromatic heterocycles. The van der Waals surface area contributed by atoms with E-state index in [1.165, 1.54) is 22.7 Å². The van der Waals surface area contributed by atoms with Crippen LogP contribution in [0.1, 0.15) is 10.4 Å². The highest BCUT2D eigenvalue weighted by Gasteiger charge is 2.09. The van der Waals surface area contributed by atoms with E-state index in [9.17, 15) is 4.79 Å². The molecule has 0 aromatic carbocycles. The van der Waals surface area contributed by atoms with Gasteiger partial charge in [-0.3, -0.25) is 9.36 Å². The molecule has 18 heavy (non-hydrogen) atoms. The number of thiazole rings is 1. The zero-order valence-electron chi connectivity index (χ0n) is 9.58. The van der Waals surface area contributed by atoms with Crippen molar-refractivity contribution in [2.24, 2.45) is 0 Å². The van der Waals surface area contributed by atoms with E-state index in [1.807, 2.05) is 12.3 Å². The summed E-state index contributed by atoms with van der Waals surface area (Å²) in [4.78, 5) is 21.5. The van der Waals surface area contributed by atoms with Gasteiger partial charge in [-0.05, 0) is 17.9 Å². The Hall–Kier alpha value is -1.73. The molecule has 0 atom stereocenters. The van der Waals surface area contributed by atoms with E-state index < -0.39 is 0 Å². The van der Waals surface area contributed by atoms with Gasteiger partial charge in [0.25, 0.3) is 5.56 Å². The van der Waals surface area contributed by atoms with E-state index in [0.29, 0.717) is 16.4 Å². The largest absolute Gasteiger partial charge is 0.375 e. The van der Waals surface area contributed by atoms with Crippen molar-refractivity contribution in [3.8, 4) is 0 Å². The van der Waals surface area contributed by atoms with Gasteiger partial charge >= 0.3 is 0 Å². The van der Waals surface area contributed by atoms with Crippen LogP contribution in [0.4, 0.5) is 5.13 Å². The number of nitrogens with two attached hydrogens (primary N) is 1. The van der Waals surface area contributed by atoms with E-state index in [-0.39, 0.29) is 5.56 Å². The molecule has 0 bridgehead atoms. The number of aryl methyl sites for hydroxylation is 1. The van der Waals surface area contributed by atoms with Gasteiger partial charge in [0.05, 0.1) is 18.4 Å². The second-order valence-corrected chi connectivity index (χ2v) is 5.97. The van der Waals surface area contributed by atoms with E-state index in [4.69, 9.17) is 5.73 Å². The lowest BCUT2D eigenvalue weighted by Crippen LogP contribution is -2.19. The molecule has 0 spiro atoms. The Balaban J connectivity index is 2.07. The number of nitrogens with zero attached hydrogens (tertiary/aromatic N) is 3. The number of rotatable bonds is 2. The van der Waals surface area contributed by atoms with Gasteiger partial charge in [-0.1, -0.05) is 0 Å². The van der Waals surface area contributed by atoms with Gasteiger partial charge in [0.1, 0.15) is 4.70 Å². The lowest BCUT2D eigenvalue weighted by Gasteiger charge is -2.02. The molecule has 7 heteroatoms. The fourth-order valence-corrected chi connectivity index (χ4v) is 3.37. The molecule has 0 unspecified atom stereocenters. The van der Waals surface area contributed by atoms with Crippen LogP contribution in [0.5, 0.6) is 0 Å². The number of fused-ring (bicyclic) bond motifs is 1. The minimum absolute atomic E-state index is 0.00919. The van der Waals surface area contributed by atoms with Crippen molar-refractivity contribution in [3.05, 3.63) is 38.7 Å². The number of hydrogen-bond acceptors (Lipinski definition) is 6. The smallest absolute Gasteiger partial charge is 0.271 e. The Labute approximate surface area is 111 Å². The Morgan fingerprint density at radius 2 is 2.28 bits per heavy atom. The normalized spacial score (nSPS) is 11.2. The third kappa shape index (κ3) is 1.81. The number of thiophene rings is 1. The first kappa shape index (κ1) is 11.4. The summed E-state index contributed by atoms with van der Waals surface area (Å²) >= 11 is 2.82. The Morgan fingerprint density at radius 1 is 1.44 bits per heavy atom. The maximum atomic E-state index is 12.2. The van der Waals surface area contributed by atoms with Crippen LogP contribution in [0.15, 0.2) is 22.7 Å². The molecule has 2 N–H and O–H groups in total. The second-order valence-electron chi connectivity index (χ2n) is 3.94. The summed E-state index contributed by atoms with van der Waals surface area (Å²) in [5.41, 5.74) is 7.40. The molecule has 0 saturated heterocycles. The zero-order chi connectivity index (χ0) is 12.7. The summed E-state index contributed by atoms with van der Waals surface area (Å²) < 4.78 is 2.29. The molecule has 0 radical (unpaired) electrons. The monoisotopic (exact) mass is 278 g/mol. The van der Waals surface area contributed by atoms with Crippen molar-refractivity contribution in [2.45, 2.75) is 13.5 Å². The molecular formula is C11H10N4OS2. The van der Waals surface area contributed by atoms with Crippen molar-refractivity contribution in [3.63, 3.8) is 0 Å². The Morgan fingerprint density at radius 3 is 3.00 bits per heavy atom. The number of nitrogen functional groups attached to an aromatic ring is 1. The highest BCUT2D eigenvalue weighted by Crippen LogP contribution is 2.20. The molecule has 0 aliphatic heterocycles. The van der Waals surface area contributed by atoms with Gasteiger partial charge in [0.15, 0.2) is 5.13 Å². The van der Waals surface area contributed by atoms with Crippen LogP contribution in [0, 0.1) is 6.92 Å². The van der Waals surface area contributed by atoms with Gasteiger partial charge < -0.3 is 5.73 Å². The average molecular weight is 278 g/mol. The molecule has 3 rings (SSSR count). The van der Waals surface area contributed by atoms with Crippen LogP contribution < -0.4 is 11.3 Å². The lowest BCUT2D eigenvalue weighted by atomic mass is 10.3. The van der Waals surface area contributed by atoms with Crippen LogP contribution in [-0.2, 0) is 6.54 Å². The van der Waals surface area contributed by atoms with Crippen molar-refractivity contribution >= 4 is 38.0 Å². The summed E-state index contributed by atoms with van der Waals surface area (Å²) in [5.74, 6) is 0. The summed E-state index contributed by atoms with van der Waals surface area (Å²) in [6.07, 6.45) is 3.27. The highest BCUT2D eigenvalue weighted by atomic mass is 32.1. The molecule has 92 valence electrons. The highest BCUT2D eigenvalue weighted by molar-refractivity contribution is 7.17. The van der Waals surface area contributed by atoms with E-state index in [1.54, 1.807) is 17.1 Å². The summed E-state index contributed by atoms with van der Waals surface area (Å²) in [6.45, 7) is 2.42. The van der Waals surface area contributed by atoms with Crippen LogP contribution in [0.3, 0.4) is 0 Å². The minimum atomic E-state index is -0.00919. The lowest BCUT2D eigenvalue weighted by molar-refractivity contribution is 0.758. The van der Waals surface area contributed by atoms with Crippen molar-refractivity contribution < 1.29 is 0 Å². The molecule has 0 amide bonds. The van der Waals surface area contributed by atoms with Gasteiger partial charge in [0, 0.05) is 11.1 Å². The molecule has 0 aliphatic carbocycles. The van der Waals surface area contributed by atoms with E-state index in [0.717, 1.165) is 16.0 Å². The van der Waals surface area contributed by atoms with Crippen molar-refractivity contribution in [1.82, 2.24) is 14.5 Å². The quantitative estimate of drug-likeness (QED) is 0.776. The van der Waals surface area contributed by atoms with Crippen LogP contribution in [0.25, 0.3) is 10.2 Å². The molecule has 0 saturated carbocycles. The third-order valence-electron chi connectivity index (χ3n) is 2.62. The number of anilines is 1. The average Bonchev–Trinajstić information content (AvgIpc) is 2.91. The van der Waals surface area contributed by atoms with Crippen LogP contribution in [0.2, 0.25) is 0 Å². The van der Waals surface area contributed by atoms with Gasteiger partial charge in [0.2, 0.25) is 0 Å². The van der Waals surface area contributed by atoms with Crippen molar-refractivity contribution in [2.75, 3.05) is 5.73 Å². The molecular weight excluding hydrogens is 268 g/mol. The predicted octanol–water partition coefficient (Wildman–Crippen LogP) is 1.85. The number of hydrogen-bond donors (Lipinski definition) is 1. The summed E-state index contributed by atoms with van der Waals surface area (Å²) in [6, 6.07) is 0. The second kappa shape index (κ2) is 4.18. The van der Waals surface area contributed by atoms with Gasteiger partial charge in [-0.25, -0.2) is 9.97 Å². The minimum Gasteiger partial charge on any atom is -0.375 e. The van der Waals surface area contributed by atoms with E-state index >= 15 is 0 Å². The summed E-state index contributed by atoms with van der Waals surface area (Å²) in [5, 5.41) is 2.47. The maximum absolute atomic E-state index is 12.2. The van der Waals surface area contributed by atoms with Gasteiger partial charge in [-0.15, -0.1) is 22.7 Å². The SMILES string of the molecule is Cc1csc2c(=O)n(Cc3cnc(N)s3)cnc12. The maximum Gasteiger partial charge on any atom is 0.271 e. The summed E-state index contributed by atoms with van der Waals surface area (Å²) in [7, 11) is 0. The fourth-order valence-electron chi connectivity index (χ4n) is 1.74. The molecule has 0 aliphatic rings.